The number of benzene rings is 1. The van der Waals surface area contributed by atoms with Crippen LogP contribution in [0.2, 0.25) is 0 Å². The molecule has 8 heteroatoms. The van der Waals surface area contributed by atoms with Crippen LogP contribution in [0.3, 0.4) is 0 Å². The van der Waals surface area contributed by atoms with E-state index in [0.717, 1.165) is 0 Å². The first-order chi connectivity index (χ1) is 13.3. The van der Waals surface area contributed by atoms with Crippen molar-refractivity contribution in [3.63, 3.8) is 0 Å². The highest BCUT2D eigenvalue weighted by Gasteiger charge is 2.30. The number of nitrogens with one attached hydrogen (secondary N) is 1. The molecular weight excluding hydrogens is 364 g/mol. The van der Waals surface area contributed by atoms with Crippen molar-refractivity contribution in [2.45, 2.75) is 38.9 Å². The number of hydrogen-bond acceptors (Lipinski definition) is 6. The van der Waals surface area contributed by atoms with Crippen LogP contribution in [-0.4, -0.2) is 61.3 Å². The van der Waals surface area contributed by atoms with Gasteiger partial charge in [0.15, 0.2) is 0 Å². The molecule has 28 heavy (non-hydrogen) atoms. The summed E-state index contributed by atoms with van der Waals surface area (Å²) in [5.74, 6) is -0.852. The first kappa shape index (κ1) is 21.7. The van der Waals surface area contributed by atoms with Crippen molar-refractivity contribution in [1.29, 1.82) is 0 Å². The zero-order chi connectivity index (χ0) is 20.6. The van der Waals surface area contributed by atoms with Crippen molar-refractivity contribution < 1.29 is 28.6 Å². The van der Waals surface area contributed by atoms with Crippen LogP contribution in [0.5, 0.6) is 0 Å². The lowest BCUT2D eigenvalue weighted by Crippen LogP contribution is -2.44. The predicted octanol–water partition coefficient (Wildman–Crippen LogP) is 2.04. The molecule has 1 atom stereocenters. The number of ether oxygens (including phenoxy) is 3. The van der Waals surface area contributed by atoms with E-state index in [2.05, 4.69) is 5.32 Å². The van der Waals surface area contributed by atoms with Crippen LogP contribution in [0.4, 0.5) is 4.79 Å². The Morgan fingerprint density at radius 1 is 1.14 bits per heavy atom. The summed E-state index contributed by atoms with van der Waals surface area (Å²) in [6.45, 7) is 7.15. The van der Waals surface area contributed by atoms with Crippen LogP contribution in [-0.2, 0) is 23.8 Å². The number of morpholine rings is 1. The minimum atomic E-state index is -1.02. The first-order valence-corrected chi connectivity index (χ1v) is 9.34. The lowest BCUT2D eigenvalue weighted by Gasteiger charge is -2.30. The molecule has 0 bridgehead atoms. The second-order valence-corrected chi connectivity index (χ2v) is 7.40. The van der Waals surface area contributed by atoms with Gasteiger partial charge in [0.05, 0.1) is 19.6 Å². The maximum atomic E-state index is 12.9. The molecule has 1 saturated heterocycles. The lowest BCUT2D eigenvalue weighted by atomic mass is 10.1. The smallest absolute Gasteiger partial charge is 0.407 e. The summed E-state index contributed by atoms with van der Waals surface area (Å²) in [6.07, 6.45) is -1.70. The molecule has 0 radical (unpaired) electrons. The number of esters is 1. The molecule has 8 nitrogen and oxygen atoms in total. The molecule has 1 N–H and O–H groups in total. The summed E-state index contributed by atoms with van der Waals surface area (Å²) >= 11 is 0. The van der Waals surface area contributed by atoms with Crippen molar-refractivity contribution in [3.8, 4) is 0 Å². The molecular formula is C20H28N2O6. The average Bonchev–Trinajstić information content (AvgIpc) is 2.65. The van der Waals surface area contributed by atoms with Crippen molar-refractivity contribution in [1.82, 2.24) is 10.2 Å². The number of amides is 2. The number of carbonyl (C=O) groups is 3. The summed E-state index contributed by atoms with van der Waals surface area (Å²) in [4.78, 5) is 38.4. The van der Waals surface area contributed by atoms with Crippen LogP contribution >= 0.6 is 0 Å². The summed E-state index contributed by atoms with van der Waals surface area (Å²) in [7, 11) is 0. The Kier molecular flexibility index (Phi) is 7.80. The normalized spacial score (nSPS) is 15.5. The van der Waals surface area contributed by atoms with Gasteiger partial charge in [0.1, 0.15) is 5.60 Å². The Labute approximate surface area is 165 Å². The molecule has 0 aromatic heterocycles. The minimum Gasteiger partial charge on any atom is -0.447 e. The molecule has 0 saturated carbocycles. The van der Waals surface area contributed by atoms with Gasteiger partial charge in [0, 0.05) is 25.2 Å². The fraction of sp³-hybridized carbons (Fsp3) is 0.550. The van der Waals surface area contributed by atoms with Crippen LogP contribution < -0.4 is 5.32 Å². The molecule has 1 fully saturated rings. The Balaban J connectivity index is 1.93. The molecule has 1 aromatic carbocycles. The highest BCUT2D eigenvalue weighted by atomic mass is 16.6. The first-order valence-electron chi connectivity index (χ1n) is 9.34. The van der Waals surface area contributed by atoms with Gasteiger partial charge in [-0.25, -0.2) is 4.79 Å². The van der Waals surface area contributed by atoms with Crippen LogP contribution in [0.25, 0.3) is 0 Å². The molecule has 0 spiro atoms. The van der Waals surface area contributed by atoms with Crippen molar-refractivity contribution >= 4 is 18.0 Å². The molecule has 1 aliphatic rings. The van der Waals surface area contributed by atoms with E-state index in [1.165, 1.54) is 0 Å². The summed E-state index contributed by atoms with van der Waals surface area (Å²) in [5, 5.41) is 2.50. The monoisotopic (exact) mass is 392 g/mol. The Morgan fingerprint density at radius 3 is 2.39 bits per heavy atom. The fourth-order valence-corrected chi connectivity index (χ4v) is 2.61. The topological polar surface area (TPSA) is 94.2 Å². The summed E-state index contributed by atoms with van der Waals surface area (Å²) < 4.78 is 15.9. The van der Waals surface area contributed by atoms with Gasteiger partial charge in [-0.15, -0.1) is 0 Å². The van der Waals surface area contributed by atoms with Gasteiger partial charge in [-0.3, -0.25) is 9.59 Å². The van der Waals surface area contributed by atoms with Gasteiger partial charge in [0.2, 0.25) is 6.10 Å². The van der Waals surface area contributed by atoms with Gasteiger partial charge < -0.3 is 24.4 Å². The van der Waals surface area contributed by atoms with Crippen LogP contribution in [0, 0.1) is 0 Å². The Bertz CT molecular complexity index is 665. The highest BCUT2D eigenvalue weighted by molar-refractivity contribution is 5.85. The standard InChI is InChI=1S/C20H28N2O6/c1-20(2,3)28-19(25)21-10-9-16(23)27-17(15-7-5-4-6-8-15)18(24)22-11-13-26-14-12-22/h4-8,17H,9-14H2,1-3H3,(H,21,25)/t17-/m1/s1. The molecule has 0 aliphatic carbocycles. The van der Waals surface area contributed by atoms with Gasteiger partial charge in [-0.2, -0.15) is 0 Å². The number of hydrogen-bond donors (Lipinski definition) is 1. The zero-order valence-corrected chi connectivity index (χ0v) is 16.6. The lowest BCUT2D eigenvalue weighted by molar-refractivity contribution is -0.162. The largest absolute Gasteiger partial charge is 0.447 e. The van der Waals surface area contributed by atoms with Crippen molar-refractivity contribution in [3.05, 3.63) is 35.9 Å². The van der Waals surface area contributed by atoms with Gasteiger partial charge in [0.25, 0.3) is 5.91 Å². The Morgan fingerprint density at radius 2 is 1.79 bits per heavy atom. The second kappa shape index (κ2) is 10.1. The quantitative estimate of drug-likeness (QED) is 0.745. The van der Waals surface area contributed by atoms with Crippen molar-refractivity contribution in [2.24, 2.45) is 0 Å². The molecule has 154 valence electrons. The van der Waals surface area contributed by atoms with Crippen LogP contribution in [0.15, 0.2) is 30.3 Å². The average molecular weight is 392 g/mol. The number of nitrogens with zero attached hydrogens (tertiary/aromatic N) is 1. The third kappa shape index (κ3) is 7.19. The van der Waals surface area contributed by atoms with E-state index in [4.69, 9.17) is 14.2 Å². The summed E-state index contributed by atoms with van der Waals surface area (Å²) in [5.41, 5.74) is -0.0134. The van der Waals surface area contributed by atoms with E-state index in [1.54, 1.807) is 49.9 Å². The van der Waals surface area contributed by atoms with E-state index >= 15 is 0 Å². The molecule has 2 amide bonds. The number of rotatable bonds is 6. The van der Waals surface area contributed by atoms with Gasteiger partial charge in [-0.1, -0.05) is 30.3 Å². The predicted molar refractivity (Wildman–Crippen MR) is 102 cm³/mol. The van der Waals surface area contributed by atoms with Gasteiger partial charge in [-0.05, 0) is 20.8 Å². The highest BCUT2D eigenvalue weighted by Crippen LogP contribution is 2.21. The molecule has 0 unspecified atom stereocenters. The van der Waals surface area contributed by atoms with Gasteiger partial charge >= 0.3 is 12.1 Å². The van der Waals surface area contributed by atoms with Crippen molar-refractivity contribution in [2.75, 3.05) is 32.8 Å². The number of alkyl carbamates (subject to hydrolysis) is 1. The van der Waals surface area contributed by atoms with E-state index in [1.807, 2.05) is 6.07 Å². The van der Waals surface area contributed by atoms with E-state index in [-0.39, 0.29) is 18.9 Å². The number of carbonyl (C=O) groups excluding carboxylic acids is 3. The Hall–Kier alpha value is -2.61. The van der Waals surface area contributed by atoms with E-state index in [9.17, 15) is 14.4 Å². The SMILES string of the molecule is CC(C)(C)OC(=O)NCCC(=O)O[C@@H](C(=O)N1CCOCC1)c1ccccc1. The molecule has 1 aromatic rings. The zero-order valence-electron chi connectivity index (χ0n) is 16.6. The summed E-state index contributed by atoms with van der Waals surface area (Å²) in [6, 6.07) is 8.89. The fourth-order valence-electron chi connectivity index (χ4n) is 2.61. The second-order valence-electron chi connectivity index (χ2n) is 7.40. The molecule has 2 rings (SSSR count). The third-order valence-electron chi connectivity index (χ3n) is 3.90. The maximum absolute atomic E-state index is 12.9. The maximum Gasteiger partial charge on any atom is 0.407 e. The van der Waals surface area contributed by atoms with E-state index < -0.39 is 23.8 Å². The third-order valence-corrected chi connectivity index (χ3v) is 3.90. The minimum absolute atomic E-state index is 0.0565. The van der Waals surface area contributed by atoms with E-state index in [0.29, 0.717) is 31.9 Å². The molecule has 1 heterocycles. The van der Waals surface area contributed by atoms with Crippen LogP contribution in [0.1, 0.15) is 38.9 Å². The molecule has 1 aliphatic heterocycles.